The molecule has 1 unspecified atom stereocenters. The van der Waals surface area contributed by atoms with Gasteiger partial charge in [0.2, 0.25) is 0 Å². The largest absolute Gasteiger partial charge is 0.461 e. The minimum atomic E-state index is -2.11. The molecule has 0 bridgehead atoms. The Kier molecular flexibility index (Phi) is 4.51. The van der Waals surface area contributed by atoms with E-state index in [2.05, 4.69) is 11.3 Å². The summed E-state index contributed by atoms with van der Waals surface area (Å²) in [5.41, 5.74) is 0.620. The van der Waals surface area contributed by atoms with Crippen molar-refractivity contribution in [2.24, 2.45) is 0 Å². The summed E-state index contributed by atoms with van der Waals surface area (Å²) in [5, 5.41) is 0. The van der Waals surface area contributed by atoms with Crippen molar-refractivity contribution in [2.45, 2.75) is 13.3 Å². The highest BCUT2D eigenvalue weighted by Gasteiger charge is 2.20. The van der Waals surface area contributed by atoms with Crippen LogP contribution in [0.3, 0.4) is 0 Å². The van der Waals surface area contributed by atoms with E-state index >= 15 is 0 Å². The third-order valence-corrected chi connectivity index (χ3v) is 1.84. The van der Waals surface area contributed by atoms with Crippen LogP contribution in [0.4, 0.5) is 4.39 Å². The molecule has 4 heteroatoms. The van der Waals surface area contributed by atoms with Crippen LogP contribution in [0, 0.1) is 0 Å². The first-order valence-corrected chi connectivity index (χ1v) is 4.88. The maximum Gasteiger partial charge on any atom is 0.381 e. The molecule has 0 fully saturated rings. The standard InChI is InChI=1S/C12H13FO3/c1-3-9-7-5-6-8-10(9)16-11(13)12(14)15-4-2/h3,5-8,11H,1,4H2,2H3. The van der Waals surface area contributed by atoms with Gasteiger partial charge in [0.1, 0.15) is 5.75 Å². The molecular weight excluding hydrogens is 211 g/mol. The fourth-order valence-corrected chi connectivity index (χ4v) is 1.12. The number of halogens is 1. The summed E-state index contributed by atoms with van der Waals surface area (Å²) in [5.74, 6) is -0.764. The van der Waals surface area contributed by atoms with E-state index in [1.165, 1.54) is 6.08 Å². The Hall–Kier alpha value is -1.84. The quantitative estimate of drug-likeness (QED) is 0.721. The number of esters is 1. The van der Waals surface area contributed by atoms with E-state index in [4.69, 9.17) is 4.74 Å². The zero-order chi connectivity index (χ0) is 12.0. The topological polar surface area (TPSA) is 35.5 Å². The molecule has 0 N–H and O–H groups in total. The van der Waals surface area contributed by atoms with Crippen LogP contribution in [0.25, 0.3) is 6.08 Å². The molecule has 0 amide bonds. The van der Waals surface area contributed by atoms with E-state index in [0.29, 0.717) is 5.56 Å². The molecule has 1 aromatic rings. The molecule has 1 rings (SSSR count). The molecular formula is C12H13FO3. The number of carbonyl (C=O) groups excluding carboxylic acids is 1. The number of hydrogen-bond donors (Lipinski definition) is 0. The molecule has 0 aromatic heterocycles. The molecule has 3 nitrogen and oxygen atoms in total. The zero-order valence-corrected chi connectivity index (χ0v) is 8.98. The Labute approximate surface area is 93.5 Å². The van der Waals surface area contributed by atoms with Gasteiger partial charge in [-0.2, -0.15) is 4.39 Å². The van der Waals surface area contributed by atoms with Gasteiger partial charge in [-0.1, -0.05) is 30.9 Å². The second-order valence-electron chi connectivity index (χ2n) is 2.93. The van der Waals surface area contributed by atoms with Gasteiger partial charge in [-0.3, -0.25) is 0 Å². The second kappa shape index (κ2) is 5.90. The zero-order valence-electron chi connectivity index (χ0n) is 8.98. The smallest absolute Gasteiger partial charge is 0.381 e. The highest BCUT2D eigenvalue weighted by molar-refractivity contribution is 5.73. The normalized spacial score (nSPS) is 11.6. The van der Waals surface area contributed by atoms with Crippen molar-refractivity contribution in [2.75, 3.05) is 6.61 Å². The van der Waals surface area contributed by atoms with Crippen molar-refractivity contribution in [3.63, 3.8) is 0 Å². The third-order valence-electron chi connectivity index (χ3n) is 1.84. The number of alkyl halides is 1. The van der Waals surface area contributed by atoms with Crippen LogP contribution < -0.4 is 4.74 Å². The summed E-state index contributed by atoms with van der Waals surface area (Å²) in [6.45, 7) is 5.28. The monoisotopic (exact) mass is 224 g/mol. The molecule has 86 valence electrons. The summed E-state index contributed by atoms with van der Waals surface area (Å²) in [7, 11) is 0. The van der Waals surface area contributed by atoms with E-state index in [1.54, 1.807) is 31.2 Å². The molecule has 0 aliphatic rings. The predicted molar refractivity (Wildman–Crippen MR) is 58.7 cm³/mol. The number of ether oxygens (including phenoxy) is 2. The Morgan fingerprint density at radius 1 is 1.56 bits per heavy atom. The van der Waals surface area contributed by atoms with Crippen LogP contribution >= 0.6 is 0 Å². The van der Waals surface area contributed by atoms with Crippen molar-refractivity contribution in [1.29, 1.82) is 0 Å². The molecule has 16 heavy (non-hydrogen) atoms. The van der Waals surface area contributed by atoms with E-state index in [0.717, 1.165) is 0 Å². The van der Waals surface area contributed by atoms with Gasteiger partial charge in [0.15, 0.2) is 0 Å². The minimum absolute atomic E-state index is 0.117. The number of hydrogen-bond acceptors (Lipinski definition) is 3. The summed E-state index contributed by atoms with van der Waals surface area (Å²) < 4.78 is 22.6. The maximum absolute atomic E-state index is 13.3. The van der Waals surface area contributed by atoms with Gasteiger partial charge in [-0.25, -0.2) is 4.79 Å². The number of benzene rings is 1. The Morgan fingerprint density at radius 2 is 2.25 bits per heavy atom. The van der Waals surface area contributed by atoms with E-state index in [-0.39, 0.29) is 12.4 Å². The van der Waals surface area contributed by atoms with Gasteiger partial charge in [-0.05, 0) is 13.0 Å². The predicted octanol–water partition coefficient (Wildman–Crippen LogP) is 2.57. The van der Waals surface area contributed by atoms with Crippen LogP contribution in [0.5, 0.6) is 5.75 Å². The van der Waals surface area contributed by atoms with Crippen molar-refractivity contribution in [3.8, 4) is 5.75 Å². The lowest BCUT2D eigenvalue weighted by Crippen LogP contribution is -2.25. The van der Waals surface area contributed by atoms with Gasteiger partial charge >= 0.3 is 12.3 Å². The molecule has 0 saturated carbocycles. The van der Waals surface area contributed by atoms with Gasteiger partial charge in [0.25, 0.3) is 0 Å². The third kappa shape index (κ3) is 3.08. The molecule has 0 radical (unpaired) electrons. The van der Waals surface area contributed by atoms with Gasteiger partial charge in [0.05, 0.1) is 6.61 Å². The fourth-order valence-electron chi connectivity index (χ4n) is 1.12. The fraction of sp³-hybridized carbons (Fsp3) is 0.250. The molecule has 0 heterocycles. The lowest BCUT2D eigenvalue weighted by Gasteiger charge is -2.12. The van der Waals surface area contributed by atoms with Crippen LogP contribution in [0.1, 0.15) is 12.5 Å². The molecule has 1 aromatic carbocycles. The van der Waals surface area contributed by atoms with Crippen molar-refractivity contribution in [3.05, 3.63) is 36.4 Å². The minimum Gasteiger partial charge on any atom is -0.461 e. The average molecular weight is 224 g/mol. The van der Waals surface area contributed by atoms with Crippen LogP contribution in [0.2, 0.25) is 0 Å². The van der Waals surface area contributed by atoms with Crippen LogP contribution in [0.15, 0.2) is 30.8 Å². The lowest BCUT2D eigenvalue weighted by molar-refractivity contribution is -0.159. The molecule has 0 aliphatic carbocycles. The van der Waals surface area contributed by atoms with E-state index < -0.39 is 12.3 Å². The Bertz CT molecular complexity index is 376. The van der Waals surface area contributed by atoms with Crippen LogP contribution in [-0.4, -0.2) is 18.9 Å². The van der Waals surface area contributed by atoms with Gasteiger partial charge in [0, 0.05) is 5.56 Å². The molecule has 1 atom stereocenters. The SMILES string of the molecule is C=Cc1ccccc1OC(F)C(=O)OCC. The van der Waals surface area contributed by atoms with Gasteiger partial charge < -0.3 is 9.47 Å². The number of para-hydroxylation sites is 1. The first kappa shape index (κ1) is 12.2. The van der Waals surface area contributed by atoms with Crippen molar-refractivity contribution in [1.82, 2.24) is 0 Å². The van der Waals surface area contributed by atoms with E-state index in [9.17, 15) is 9.18 Å². The first-order valence-electron chi connectivity index (χ1n) is 4.88. The highest BCUT2D eigenvalue weighted by Crippen LogP contribution is 2.20. The number of carbonyl (C=O) groups is 1. The van der Waals surface area contributed by atoms with Crippen LogP contribution in [-0.2, 0) is 9.53 Å². The second-order valence-corrected chi connectivity index (χ2v) is 2.93. The summed E-state index contributed by atoms with van der Waals surface area (Å²) in [6, 6.07) is 6.71. The van der Waals surface area contributed by atoms with Crippen molar-refractivity contribution < 1.29 is 18.7 Å². The highest BCUT2D eigenvalue weighted by atomic mass is 19.1. The Balaban J connectivity index is 2.72. The molecule has 0 spiro atoms. The van der Waals surface area contributed by atoms with E-state index in [1.807, 2.05) is 0 Å². The van der Waals surface area contributed by atoms with Gasteiger partial charge in [-0.15, -0.1) is 0 Å². The average Bonchev–Trinajstić information content (AvgIpc) is 2.30. The Morgan fingerprint density at radius 3 is 2.88 bits per heavy atom. The molecule has 0 aliphatic heterocycles. The maximum atomic E-state index is 13.3. The van der Waals surface area contributed by atoms with Crippen molar-refractivity contribution >= 4 is 12.0 Å². The summed E-state index contributed by atoms with van der Waals surface area (Å²) in [4.78, 5) is 11.0. The number of rotatable bonds is 5. The summed E-state index contributed by atoms with van der Waals surface area (Å²) >= 11 is 0. The lowest BCUT2D eigenvalue weighted by atomic mass is 10.2. The first-order chi connectivity index (χ1) is 7.69. The molecule has 0 saturated heterocycles. The summed E-state index contributed by atoms with van der Waals surface area (Å²) in [6.07, 6.45) is -0.589.